The topological polar surface area (TPSA) is 72.8 Å². The Morgan fingerprint density at radius 3 is 2.75 bits per heavy atom. The van der Waals surface area contributed by atoms with Gasteiger partial charge in [0.1, 0.15) is 12.4 Å². The monoisotopic (exact) mass is 515 g/mol. The summed E-state index contributed by atoms with van der Waals surface area (Å²) in [5, 5.41) is 7.91. The molecule has 0 aliphatic heterocycles. The average molecular weight is 516 g/mol. The van der Waals surface area contributed by atoms with Crippen molar-refractivity contribution in [3.63, 3.8) is 0 Å². The molecule has 0 spiro atoms. The van der Waals surface area contributed by atoms with Crippen LogP contribution in [0.3, 0.4) is 0 Å². The highest BCUT2D eigenvalue weighted by atomic mass is 79.9. The Bertz CT molecular complexity index is 1110. The van der Waals surface area contributed by atoms with E-state index in [9.17, 15) is 4.79 Å². The van der Waals surface area contributed by atoms with Crippen LogP contribution < -0.4 is 10.1 Å². The van der Waals surface area contributed by atoms with E-state index in [1.54, 1.807) is 12.4 Å². The number of thioether (sulfide) groups is 1. The largest absolute Gasteiger partial charge is 0.470 e. The van der Waals surface area contributed by atoms with E-state index in [4.69, 9.17) is 9.57 Å². The first-order chi connectivity index (χ1) is 15.3. The van der Waals surface area contributed by atoms with Crippen molar-refractivity contribution in [1.82, 2.24) is 10.3 Å². The van der Waals surface area contributed by atoms with E-state index in [0.29, 0.717) is 12.4 Å². The van der Waals surface area contributed by atoms with E-state index in [1.807, 2.05) is 75.6 Å². The zero-order valence-corrected chi connectivity index (χ0v) is 20.9. The van der Waals surface area contributed by atoms with Crippen LogP contribution in [-0.2, 0) is 16.2 Å². The van der Waals surface area contributed by atoms with Crippen LogP contribution in [0.15, 0.2) is 64.4 Å². The fourth-order valence-electron chi connectivity index (χ4n) is 3.04. The molecule has 168 valence electrons. The van der Waals surface area contributed by atoms with Gasteiger partial charge in [0, 0.05) is 16.1 Å². The SMILES string of the molecule is CSC(Oc1cc(C)c2ncc(Br)cc2c1)C(=O)NC(C)(C)C=NOCc1ccccc1. The van der Waals surface area contributed by atoms with Crippen LogP contribution in [-0.4, -0.2) is 34.3 Å². The zero-order chi connectivity index (χ0) is 23.1. The minimum Gasteiger partial charge on any atom is -0.470 e. The standard InChI is InChI=1S/C24H26BrN3O3S/c1-16-10-20(12-18-11-19(25)13-26-21(16)18)31-23(32-4)22(29)28-24(2,3)15-27-30-14-17-8-6-5-7-9-17/h5-13,15,23H,14H2,1-4H3,(H,28,29). The lowest BCUT2D eigenvalue weighted by molar-refractivity contribution is -0.125. The van der Waals surface area contributed by atoms with Crippen LogP contribution in [0.4, 0.5) is 0 Å². The number of ether oxygens (including phenoxy) is 1. The number of rotatable bonds is 9. The number of carbonyl (C=O) groups excluding carboxylic acids is 1. The van der Waals surface area contributed by atoms with Gasteiger partial charge in [-0.25, -0.2) is 0 Å². The van der Waals surface area contributed by atoms with Gasteiger partial charge < -0.3 is 14.9 Å². The minimum absolute atomic E-state index is 0.248. The molecule has 1 N–H and O–H groups in total. The number of aryl methyl sites for hydroxylation is 1. The van der Waals surface area contributed by atoms with E-state index in [0.717, 1.165) is 26.5 Å². The Morgan fingerprint density at radius 1 is 1.28 bits per heavy atom. The van der Waals surface area contributed by atoms with Crippen molar-refractivity contribution in [1.29, 1.82) is 0 Å². The van der Waals surface area contributed by atoms with Gasteiger partial charge in [0.05, 0.1) is 17.3 Å². The molecular weight excluding hydrogens is 490 g/mol. The average Bonchev–Trinajstić information content (AvgIpc) is 2.75. The molecule has 0 aliphatic carbocycles. The number of amides is 1. The molecule has 1 heterocycles. The van der Waals surface area contributed by atoms with Crippen molar-refractivity contribution >= 4 is 50.7 Å². The summed E-state index contributed by atoms with van der Waals surface area (Å²) in [6.07, 6.45) is 5.18. The van der Waals surface area contributed by atoms with Gasteiger partial charge in [0.2, 0.25) is 5.44 Å². The van der Waals surface area contributed by atoms with Gasteiger partial charge in [-0.3, -0.25) is 9.78 Å². The van der Waals surface area contributed by atoms with Gasteiger partial charge in [-0.15, -0.1) is 11.8 Å². The van der Waals surface area contributed by atoms with E-state index in [2.05, 4.69) is 31.4 Å². The second kappa shape index (κ2) is 10.8. The number of oxime groups is 1. The first kappa shape index (κ1) is 24.1. The second-order valence-corrected chi connectivity index (χ2v) is 9.67. The minimum atomic E-state index is -0.718. The molecule has 2 aromatic carbocycles. The second-order valence-electron chi connectivity index (χ2n) is 7.86. The fourth-order valence-corrected chi connectivity index (χ4v) is 3.86. The molecule has 1 aromatic heterocycles. The first-order valence-electron chi connectivity index (χ1n) is 10.1. The van der Waals surface area contributed by atoms with Crippen molar-refractivity contribution in [3.05, 3.63) is 70.3 Å². The van der Waals surface area contributed by atoms with Crippen LogP contribution in [0.5, 0.6) is 5.75 Å². The summed E-state index contributed by atoms with van der Waals surface area (Å²) in [7, 11) is 0. The molecule has 3 aromatic rings. The predicted molar refractivity (Wildman–Crippen MR) is 134 cm³/mol. The Balaban J connectivity index is 1.62. The Labute approximate surface area is 200 Å². The number of pyridine rings is 1. The normalized spacial score (nSPS) is 12.7. The predicted octanol–water partition coefficient (Wildman–Crippen LogP) is 5.47. The van der Waals surface area contributed by atoms with E-state index >= 15 is 0 Å². The number of carbonyl (C=O) groups is 1. The maximum atomic E-state index is 12.9. The highest BCUT2D eigenvalue weighted by molar-refractivity contribution is 9.10. The van der Waals surface area contributed by atoms with E-state index < -0.39 is 11.0 Å². The van der Waals surface area contributed by atoms with Crippen LogP contribution >= 0.6 is 27.7 Å². The molecule has 0 saturated heterocycles. The van der Waals surface area contributed by atoms with Crippen LogP contribution in [0.2, 0.25) is 0 Å². The van der Waals surface area contributed by atoms with Gasteiger partial charge in [0.25, 0.3) is 5.91 Å². The Morgan fingerprint density at radius 2 is 2.03 bits per heavy atom. The summed E-state index contributed by atoms with van der Waals surface area (Å²) >= 11 is 4.77. The number of hydrogen-bond donors (Lipinski definition) is 1. The summed E-state index contributed by atoms with van der Waals surface area (Å²) < 4.78 is 6.90. The molecule has 3 rings (SSSR count). The summed E-state index contributed by atoms with van der Waals surface area (Å²) in [6.45, 7) is 6.03. The summed E-state index contributed by atoms with van der Waals surface area (Å²) in [5.74, 6) is 0.365. The molecule has 0 fully saturated rings. The van der Waals surface area contributed by atoms with Crippen molar-refractivity contribution in [3.8, 4) is 5.75 Å². The van der Waals surface area contributed by atoms with E-state index in [1.165, 1.54) is 11.8 Å². The molecule has 0 bridgehead atoms. The highest BCUT2D eigenvalue weighted by Gasteiger charge is 2.26. The maximum absolute atomic E-state index is 12.9. The fraction of sp³-hybridized carbons (Fsp3) is 0.292. The van der Waals surface area contributed by atoms with Crippen LogP contribution in [0.1, 0.15) is 25.0 Å². The lowest BCUT2D eigenvalue weighted by atomic mass is 10.1. The number of hydrogen-bond acceptors (Lipinski definition) is 6. The molecule has 1 amide bonds. The quantitative estimate of drug-likeness (QED) is 0.232. The Kier molecular flexibility index (Phi) is 8.15. The molecule has 0 radical (unpaired) electrons. The van der Waals surface area contributed by atoms with Crippen LogP contribution in [0.25, 0.3) is 10.9 Å². The number of benzene rings is 2. The van der Waals surface area contributed by atoms with Gasteiger partial charge in [-0.2, -0.15) is 0 Å². The number of halogens is 1. The molecule has 0 saturated carbocycles. The van der Waals surface area contributed by atoms with Gasteiger partial charge in [-0.1, -0.05) is 35.5 Å². The maximum Gasteiger partial charge on any atom is 0.272 e. The number of nitrogens with one attached hydrogen (secondary N) is 1. The van der Waals surface area contributed by atoms with Crippen molar-refractivity contribution in [2.24, 2.45) is 5.16 Å². The molecule has 0 aliphatic rings. The lowest BCUT2D eigenvalue weighted by Crippen LogP contribution is -2.49. The summed E-state index contributed by atoms with van der Waals surface area (Å²) in [4.78, 5) is 22.7. The number of nitrogens with zero attached hydrogens (tertiary/aromatic N) is 2. The Hall–Kier alpha value is -2.58. The van der Waals surface area contributed by atoms with Gasteiger partial charge >= 0.3 is 0 Å². The third-order valence-electron chi connectivity index (χ3n) is 4.55. The summed E-state index contributed by atoms with van der Waals surface area (Å²) in [5.41, 5.74) is 1.48. The molecule has 1 unspecified atom stereocenters. The van der Waals surface area contributed by atoms with Gasteiger partial charge in [0.15, 0.2) is 0 Å². The summed E-state index contributed by atoms with van der Waals surface area (Å²) in [6, 6.07) is 15.5. The van der Waals surface area contributed by atoms with Crippen molar-refractivity contribution < 1.29 is 14.4 Å². The lowest BCUT2D eigenvalue weighted by Gasteiger charge is -2.25. The molecule has 6 nitrogen and oxygen atoms in total. The number of fused-ring (bicyclic) bond motifs is 1. The van der Waals surface area contributed by atoms with Crippen LogP contribution in [0, 0.1) is 6.92 Å². The molecule has 1 atom stereocenters. The molecule has 32 heavy (non-hydrogen) atoms. The first-order valence-corrected chi connectivity index (χ1v) is 12.1. The van der Waals surface area contributed by atoms with Crippen molar-refractivity contribution in [2.75, 3.05) is 6.26 Å². The molecular formula is C24H26BrN3O3S. The smallest absolute Gasteiger partial charge is 0.272 e. The van der Waals surface area contributed by atoms with Crippen molar-refractivity contribution in [2.45, 2.75) is 38.4 Å². The number of aromatic nitrogens is 1. The highest BCUT2D eigenvalue weighted by Crippen LogP contribution is 2.27. The molecule has 8 heteroatoms. The van der Waals surface area contributed by atoms with E-state index in [-0.39, 0.29) is 5.91 Å². The third kappa shape index (κ3) is 6.71. The third-order valence-corrected chi connectivity index (χ3v) is 5.73. The zero-order valence-electron chi connectivity index (χ0n) is 18.5. The van der Waals surface area contributed by atoms with Gasteiger partial charge in [-0.05, 0) is 72.3 Å².